The third kappa shape index (κ3) is 2.44. The van der Waals surface area contributed by atoms with E-state index in [4.69, 9.17) is 0 Å². The first-order chi connectivity index (χ1) is 7.68. The molecule has 0 aromatic carbocycles. The van der Waals surface area contributed by atoms with E-state index in [1.54, 1.807) is 0 Å². The summed E-state index contributed by atoms with van der Waals surface area (Å²) in [5.41, 5.74) is 0. The summed E-state index contributed by atoms with van der Waals surface area (Å²) in [6, 6.07) is 3.40. The van der Waals surface area contributed by atoms with Gasteiger partial charge in [0.15, 0.2) is 0 Å². The van der Waals surface area contributed by atoms with Crippen LogP contribution in [0.4, 0.5) is 0 Å². The van der Waals surface area contributed by atoms with Crippen LogP contribution in [0.3, 0.4) is 0 Å². The Labute approximate surface area is 99.7 Å². The summed E-state index contributed by atoms with van der Waals surface area (Å²) in [6.07, 6.45) is 2.21. The van der Waals surface area contributed by atoms with Crippen LogP contribution in [0.5, 0.6) is 0 Å². The molecule has 1 aromatic heterocycles. The minimum absolute atomic E-state index is 0.438. The number of carboxylic acid groups (broad SMARTS) is 1. The number of rotatable bonds is 3. The Kier molecular flexibility index (Phi) is 3.61. The Bertz CT molecular complexity index is 342. The summed E-state index contributed by atoms with van der Waals surface area (Å²) in [7, 11) is 0. The average molecular weight is 239 g/mol. The molecule has 1 atom stereocenters. The van der Waals surface area contributed by atoms with E-state index >= 15 is 0 Å². The first-order valence-electron chi connectivity index (χ1n) is 5.68. The van der Waals surface area contributed by atoms with E-state index in [0.717, 1.165) is 36.7 Å². The number of thiophene rings is 1. The molecule has 1 unspecified atom stereocenters. The molecule has 1 saturated heterocycles. The molecule has 16 heavy (non-hydrogen) atoms. The lowest BCUT2D eigenvalue weighted by Gasteiger charge is -2.34. The number of hydrogen-bond donors (Lipinski definition) is 1. The van der Waals surface area contributed by atoms with Crippen LogP contribution in [0, 0.1) is 5.92 Å². The second kappa shape index (κ2) is 4.97. The quantitative estimate of drug-likeness (QED) is 0.881. The van der Waals surface area contributed by atoms with Crippen molar-refractivity contribution in [3.63, 3.8) is 0 Å². The highest BCUT2D eigenvalue weighted by Crippen LogP contribution is 2.29. The fourth-order valence-corrected chi connectivity index (χ4v) is 3.04. The van der Waals surface area contributed by atoms with Gasteiger partial charge in [0.25, 0.3) is 0 Å². The third-order valence-electron chi connectivity index (χ3n) is 3.23. The van der Waals surface area contributed by atoms with Crippen molar-refractivity contribution in [3.05, 3.63) is 22.4 Å². The molecule has 0 radical (unpaired) electrons. The monoisotopic (exact) mass is 239 g/mol. The normalized spacial score (nSPS) is 20.8. The SMILES string of the molecule is CC1CCN(C(C(=O)O)c2cccs2)CC1. The smallest absolute Gasteiger partial charge is 0.326 e. The van der Waals surface area contributed by atoms with Gasteiger partial charge in [-0.2, -0.15) is 0 Å². The van der Waals surface area contributed by atoms with Gasteiger partial charge in [-0.15, -0.1) is 11.3 Å². The summed E-state index contributed by atoms with van der Waals surface area (Å²) in [5.74, 6) is 0.00559. The number of aliphatic carboxylic acids is 1. The van der Waals surface area contributed by atoms with Crippen LogP contribution < -0.4 is 0 Å². The molecule has 0 aliphatic carbocycles. The van der Waals surface area contributed by atoms with E-state index in [2.05, 4.69) is 11.8 Å². The molecule has 1 N–H and O–H groups in total. The molecule has 2 heterocycles. The molecule has 1 fully saturated rings. The van der Waals surface area contributed by atoms with Crippen molar-refractivity contribution in [2.75, 3.05) is 13.1 Å². The van der Waals surface area contributed by atoms with Crippen LogP contribution in [-0.2, 0) is 4.79 Å². The maximum Gasteiger partial charge on any atom is 0.326 e. The minimum atomic E-state index is -0.725. The molecule has 0 spiro atoms. The van der Waals surface area contributed by atoms with Crippen molar-refractivity contribution >= 4 is 17.3 Å². The Morgan fingerprint density at radius 3 is 2.75 bits per heavy atom. The maximum atomic E-state index is 11.3. The van der Waals surface area contributed by atoms with Gasteiger partial charge in [-0.3, -0.25) is 9.69 Å². The van der Waals surface area contributed by atoms with Crippen molar-refractivity contribution in [2.24, 2.45) is 5.92 Å². The summed E-state index contributed by atoms with van der Waals surface area (Å²) in [5, 5.41) is 11.3. The van der Waals surface area contributed by atoms with Gasteiger partial charge in [-0.25, -0.2) is 0 Å². The number of nitrogens with zero attached hydrogens (tertiary/aromatic N) is 1. The highest BCUT2D eigenvalue weighted by Gasteiger charge is 2.30. The first-order valence-corrected chi connectivity index (χ1v) is 6.56. The van der Waals surface area contributed by atoms with Gasteiger partial charge in [-0.05, 0) is 43.3 Å². The van der Waals surface area contributed by atoms with Crippen LogP contribution in [0.15, 0.2) is 17.5 Å². The summed E-state index contributed by atoms with van der Waals surface area (Å²) < 4.78 is 0. The third-order valence-corrected chi connectivity index (χ3v) is 4.15. The summed E-state index contributed by atoms with van der Waals surface area (Å²) in [4.78, 5) is 14.4. The maximum absolute atomic E-state index is 11.3. The second-order valence-corrected chi connectivity index (χ2v) is 5.45. The first kappa shape index (κ1) is 11.6. The molecule has 3 nitrogen and oxygen atoms in total. The number of hydrogen-bond acceptors (Lipinski definition) is 3. The summed E-state index contributed by atoms with van der Waals surface area (Å²) >= 11 is 1.53. The molecule has 4 heteroatoms. The van der Waals surface area contributed by atoms with Crippen molar-refractivity contribution in [3.8, 4) is 0 Å². The summed E-state index contributed by atoms with van der Waals surface area (Å²) in [6.45, 7) is 4.03. The van der Waals surface area contributed by atoms with Gasteiger partial charge >= 0.3 is 5.97 Å². The fraction of sp³-hybridized carbons (Fsp3) is 0.583. The van der Waals surface area contributed by atoms with Crippen molar-refractivity contribution < 1.29 is 9.90 Å². The van der Waals surface area contributed by atoms with E-state index in [-0.39, 0.29) is 0 Å². The van der Waals surface area contributed by atoms with Crippen molar-refractivity contribution in [2.45, 2.75) is 25.8 Å². The van der Waals surface area contributed by atoms with Gasteiger partial charge in [0, 0.05) is 4.88 Å². The Morgan fingerprint density at radius 1 is 1.56 bits per heavy atom. The molecule has 88 valence electrons. The molecular weight excluding hydrogens is 222 g/mol. The van der Waals surface area contributed by atoms with Gasteiger partial charge < -0.3 is 5.11 Å². The average Bonchev–Trinajstić information content (AvgIpc) is 2.74. The highest BCUT2D eigenvalue weighted by atomic mass is 32.1. The molecule has 1 aromatic rings. The van der Waals surface area contributed by atoms with Crippen LogP contribution in [0.2, 0.25) is 0 Å². The number of likely N-dealkylation sites (tertiary alicyclic amines) is 1. The van der Waals surface area contributed by atoms with Crippen LogP contribution in [0.25, 0.3) is 0 Å². The van der Waals surface area contributed by atoms with Gasteiger partial charge in [0.2, 0.25) is 0 Å². The lowest BCUT2D eigenvalue weighted by molar-refractivity contribution is -0.144. The second-order valence-electron chi connectivity index (χ2n) is 4.47. The van der Waals surface area contributed by atoms with E-state index in [1.165, 1.54) is 11.3 Å². The van der Waals surface area contributed by atoms with E-state index in [9.17, 15) is 9.90 Å². The Hall–Kier alpha value is -0.870. The highest BCUT2D eigenvalue weighted by molar-refractivity contribution is 7.10. The Balaban J connectivity index is 2.11. The lowest BCUT2D eigenvalue weighted by atomic mass is 9.97. The van der Waals surface area contributed by atoms with E-state index < -0.39 is 12.0 Å². The number of piperidine rings is 1. The largest absolute Gasteiger partial charge is 0.480 e. The van der Waals surface area contributed by atoms with Crippen LogP contribution >= 0.6 is 11.3 Å². The zero-order valence-corrected chi connectivity index (χ0v) is 10.2. The predicted molar refractivity (Wildman–Crippen MR) is 64.7 cm³/mol. The van der Waals surface area contributed by atoms with Crippen molar-refractivity contribution in [1.29, 1.82) is 0 Å². The van der Waals surface area contributed by atoms with Gasteiger partial charge in [0.05, 0.1) is 0 Å². The molecule has 1 aliphatic heterocycles. The standard InChI is InChI=1S/C12H17NO2S/c1-9-4-6-13(7-5-9)11(12(14)15)10-3-2-8-16-10/h2-3,8-9,11H,4-7H2,1H3,(H,14,15). The van der Waals surface area contributed by atoms with Gasteiger partial charge in [0.1, 0.15) is 6.04 Å². The van der Waals surface area contributed by atoms with E-state index in [0.29, 0.717) is 0 Å². The lowest BCUT2D eigenvalue weighted by Crippen LogP contribution is -2.39. The molecule has 2 rings (SSSR count). The zero-order valence-electron chi connectivity index (χ0n) is 9.43. The molecule has 0 saturated carbocycles. The van der Waals surface area contributed by atoms with Crippen molar-refractivity contribution in [1.82, 2.24) is 4.90 Å². The molecule has 0 bridgehead atoms. The van der Waals surface area contributed by atoms with Crippen LogP contribution in [0.1, 0.15) is 30.7 Å². The molecule has 0 amide bonds. The zero-order chi connectivity index (χ0) is 11.5. The predicted octanol–water partition coefficient (Wildman–Crippen LogP) is 2.61. The van der Waals surface area contributed by atoms with Gasteiger partial charge in [-0.1, -0.05) is 13.0 Å². The minimum Gasteiger partial charge on any atom is -0.480 e. The topological polar surface area (TPSA) is 40.5 Å². The Morgan fingerprint density at radius 2 is 2.25 bits per heavy atom. The van der Waals surface area contributed by atoms with E-state index in [1.807, 2.05) is 17.5 Å². The molecular formula is C12H17NO2S. The number of carbonyl (C=O) groups is 1. The van der Waals surface area contributed by atoms with Crippen LogP contribution in [-0.4, -0.2) is 29.1 Å². The number of carboxylic acids is 1. The molecule has 1 aliphatic rings. The fourth-order valence-electron chi connectivity index (χ4n) is 2.19.